The Kier molecular flexibility index (Phi) is 5.25. The number of likely N-dealkylation sites (tertiary alicyclic amines) is 1. The van der Waals surface area contributed by atoms with Crippen molar-refractivity contribution in [1.29, 1.82) is 0 Å². The fourth-order valence-electron chi connectivity index (χ4n) is 3.02. The predicted octanol–water partition coefficient (Wildman–Crippen LogP) is 2.43. The molecule has 2 heterocycles. The molecule has 0 radical (unpaired) electrons. The molecule has 1 fully saturated rings. The minimum atomic E-state index is -0.314. The van der Waals surface area contributed by atoms with Gasteiger partial charge in [0.1, 0.15) is 11.9 Å². The van der Waals surface area contributed by atoms with E-state index in [0.29, 0.717) is 18.3 Å². The zero-order valence-electron chi connectivity index (χ0n) is 12.8. The number of quaternary nitrogens is 1. The molecule has 1 atom stereocenters. The van der Waals surface area contributed by atoms with E-state index >= 15 is 0 Å². The zero-order valence-corrected chi connectivity index (χ0v) is 13.7. The number of urea groups is 1. The number of amides is 2. The first-order valence-electron chi connectivity index (χ1n) is 7.91. The molecule has 2 amide bonds. The van der Waals surface area contributed by atoms with Crippen molar-refractivity contribution in [3.63, 3.8) is 0 Å². The lowest BCUT2D eigenvalue weighted by Gasteiger charge is -2.24. The summed E-state index contributed by atoms with van der Waals surface area (Å²) in [5.74, 6) is -0.314. The van der Waals surface area contributed by atoms with Gasteiger partial charge in [-0.15, -0.1) is 11.3 Å². The van der Waals surface area contributed by atoms with Gasteiger partial charge in [-0.2, -0.15) is 0 Å². The molecule has 0 spiro atoms. The number of hydrogen-bond donors (Lipinski definition) is 3. The van der Waals surface area contributed by atoms with Crippen LogP contribution in [0.15, 0.2) is 41.8 Å². The van der Waals surface area contributed by atoms with Gasteiger partial charge in [-0.1, -0.05) is 6.07 Å². The average molecular weight is 334 g/mol. The minimum Gasteiger partial charge on any atom is -0.331 e. The lowest BCUT2D eigenvalue weighted by Crippen LogP contribution is -3.11. The van der Waals surface area contributed by atoms with Gasteiger partial charge in [0.15, 0.2) is 0 Å². The quantitative estimate of drug-likeness (QED) is 0.773. The van der Waals surface area contributed by atoms with Crippen molar-refractivity contribution >= 4 is 23.1 Å². The molecule has 6 heteroatoms. The highest BCUT2D eigenvalue weighted by Gasteiger charge is 2.28. The van der Waals surface area contributed by atoms with Crippen molar-refractivity contribution in [2.45, 2.75) is 18.9 Å². The van der Waals surface area contributed by atoms with E-state index in [2.05, 4.69) is 28.1 Å². The van der Waals surface area contributed by atoms with E-state index in [4.69, 9.17) is 0 Å². The molecule has 0 saturated carbocycles. The van der Waals surface area contributed by atoms with Crippen LogP contribution in [0, 0.1) is 5.82 Å². The van der Waals surface area contributed by atoms with E-state index in [1.54, 1.807) is 23.5 Å². The summed E-state index contributed by atoms with van der Waals surface area (Å²) in [7, 11) is 0. The fourth-order valence-corrected chi connectivity index (χ4v) is 3.90. The molecule has 1 aromatic heterocycles. The number of halogens is 1. The number of anilines is 1. The van der Waals surface area contributed by atoms with Crippen molar-refractivity contribution in [2.75, 3.05) is 25.0 Å². The first-order chi connectivity index (χ1) is 11.2. The van der Waals surface area contributed by atoms with Gasteiger partial charge >= 0.3 is 6.03 Å². The van der Waals surface area contributed by atoms with Gasteiger partial charge in [0.25, 0.3) is 0 Å². The summed E-state index contributed by atoms with van der Waals surface area (Å²) in [6.45, 7) is 2.91. The van der Waals surface area contributed by atoms with Crippen LogP contribution in [-0.2, 0) is 0 Å². The summed E-state index contributed by atoms with van der Waals surface area (Å²) in [5, 5.41) is 7.77. The Morgan fingerprint density at radius 3 is 2.61 bits per heavy atom. The van der Waals surface area contributed by atoms with Crippen molar-refractivity contribution in [3.05, 3.63) is 52.5 Å². The number of benzene rings is 1. The van der Waals surface area contributed by atoms with Crippen LogP contribution in [0.5, 0.6) is 0 Å². The predicted molar refractivity (Wildman–Crippen MR) is 90.4 cm³/mol. The molecule has 0 bridgehead atoms. The van der Waals surface area contributed by atoms with Crippen LogP contribution < -0.4 is 15.5 Å². The fraction of sp³-hybridized carbons (Fsp3) is 0.353. The smallest absolute Gasteiger partial charge is 0.319 e. The van der Waals surface area contributed by atoms with Crippen LogP contribution in [0.2, 0.25) is 0 Å². The highest BCUT2D eigenvalue weighted by Crippen LogP contribution is 2.17. The van der Waals surface area contributed by atoms with E-state index in [1.807, 2.05) is 0 Å². The topological polar surface area (TPSA) is 45.6 Å². The van der Waals surface area contributed by atoms with Crippen LogP contribution in [0.3, 0.4) is 0 Å². The third kappa shape index (κ3) is 4.30. The molecule has 2 aromatic rings. The summed E-state index contributed by atoms with van der Waals surface area (Å²) in [5.41, 5.74) is 0.588. The molecule has 4 nitrogen and oxygen atoms in total. The Morgan fingerprint density at radius 1 is 1.22 bits per heavy atom. The molecule has 3 rings (SSSR count). The van der Waals surface area contributed by atoms with Gasteiger partial charge in [0.2, 0.25) is 0 Å². The summed E-state index contributed by atoms with van der Waals surface area (Å²) in [4.78, 5) is 14.9. The Labute approximate surface area is 139 Å². The third-order valence-corrected chi connectivity index (χ3v) is 5.18. The molecule has 1 aliphatic rings. The van der Waals surface area contributed by atoms with Crippen LogP contribution in [0.25, 0.3) is 0 Å². The first-order valence-corrected chi connectivity index (χ1v) is 8.79. The van der Waals surface area contributed by atoms with Gasteiger partial charge in [-0.25, -0.2) is 9.18 Å². The number of carbonyl (C=O) groups excluding carboxylic acids is 1. The summed E-state index contributed by atoms with van der Waals surface area (Å²) in [6, 6.07) is 10.0. The summed E-state index contributed by atoms with van der Waals surface area (Å²) in [6.07, 6.45) is 2.50. The second kappa shape index (κ2) is 7.57. The van der Waals surface area contributed by atoms with E-state index in [9.17, 15) is 9.18 Å². The number of rotatable bonds is 5. The van der Waals surface area contributed by atoms with Gasteiger partial charge in [-0.05, 0) is 35.7 Å². The number of carbonyl (C=O) groups is 1. The van der Waals surface area contributed by atoms with Gasteiger partial charge in [0.05, 0.1) is 24.5 Å². The molecule has 0 aliphatic carbocycles. The normalized spacial score (nSPS) is 16.2. The molecule has 1 aromatic carbocycles. The highest BCUT2D eigenvalue weighted by molar-refractivity contribution is 7.10. The van der Waals surface area contributed by atoms with Gasteiger partial charge in [-0.3, -0.25) is 0 Å². The number of nitrogens with one attached hydrogen (secondary N) is 3. The average Bonchev–Trinajstić information content (AvgIpc) is 3.24. The Hall–Kier alpha value is -1.92. The standard InChI is InChI=1S/C17H20FN3OS/c18-13-5-7-14(8-6-13)20-17(22)19-12-15(16-4-3-11-23-16)21-9-1-2-10-21/h3-8,11,15H,1-2,9-10,12H2,(H2,19,20,22)/p+1/t15-/m1/s1. The second-order valence-electron chi connectivity index (χ2n) is 5.78. The monoisotopic (exact) mass is 334 g/mol. The maximum Gasteiger partial charge on any atom is 0.319 e. The molecule has 1 saturated heterocycles. The van der Waals surface area contributed by atoms with Crippen molar-refractivity contribution in [2.24, 2.45) is 0 Å². The van der Waals surface area contributed by atoms with Gasteiger partial charge < -0.3 is 15.5 Å². The maximum atomic E-state index is 12.9. The summed E-state index contributed by atoms with van der Waals surface area (Å²) < 4.78 is 12.9. The largest absolute Gasteiger partial charge is 0.331 e. The Balaban J connectivity index is 1.57. The van der Waals surface area contributed by atoms with Crippen LogP contribution in [-0.4, -0.2) is 25.7 Å². The van der Waals surface area contributed by atoms with E-state index in [0.717, 1.165) is 13.1 Å². The molecular formula is C17H21FN3OS+. The van der Waals surface area contributed by atoms with Crippen LogP contribution >= 0.6 is 11.3 Å². The molecule has 122 valence electrons. The third-order valence-electron chi connectivity index (χ3n) is 4.19. The van der Waals surface area contributed by atoms with Crippen molar-refractivity contribution < 1.29 is 14.1 Å². The van der Waals surface area contributed by atoms with Crippen molar-refractivity contribution in [3.8, 4) is 0 Å². The van der Waals surface area contributed by atoms with E-state index in [1.165, 1.54) is 34.8 Å². The van der Waals surface area contributed by atoms with Gasteiger partial charge in [0, 0.05) is 18.5 Å². The van der Waals surface area contributed by atoms with E-state index in [-0.39, 0.29) is 11.8 Å². The number of thiophene rings is 1. The highest BCUT2D eigenvalue weighted by atomic mass is 32.1. The molecule has 1 aliphatic heterocycles. The van der Waals surface area contributed by atoms with E-state index < -0.39 is 0 Å². The minimum absolute atomic E-state index is 0.253. The SMILES string of the molecule is O=C(NC[C@H](c1cccs1)[NH+]1CCCC1)Nc1ccc(F)cc1. The second-order valence-corrected chi connectivity index (χ2v) is 6.75. The van der Waals surface area contributed by atoms with Crippen LogP contribution in [0.4, 0.5) is 14.9 Å². The molecule has 3 N–H and O–H groups in total. The van der Waals surface area contributed by atoms with Crippen molar-refractivity contribution in [1.82, 2.24) is 5.32 Å². The maximum absolute atomic E-state index is 12.9. The zero-order chi connectivity index (χ0) is 16.1. The molecule has 0 unspecified atom stereocenters. The Morgan fingerprint density at radius 2 is 1.96 bits per heavy atom. The number of hydrogen-bond acceptors (Lipinski definition) is 2. The lowest BCUT2D eigenvalue weighted by atomic mass is 10.2. The first kappa shape index (κ1) is 16.0. The molecular weight excluding hydrogens is 313 g/mol. The Bertz CT molecular complexity index is 624. The lowest BCUT2D eigenvalue weighted by molar-refractivity contribution is -0.918. The molecule has 23 heavy (non-hydrogen) atoms. The summed E-state index contributed by atoms with van der Waals surface area (Å²) >= 11 is 1.74. The van der Waals surface area contributed by atoms with Crippen LogP contribution in [0.1, 0.15) is 23.8 Å².